The predicted molar refractivity (Wildman–Crippen MR) is 104 cm³/mol. The Morgan fingerprint density at radius 3 is 2.54 bits per heavy atom. The molecule has 0 spiro atoms. The van der Waals surface area contributed by atoms with Crippen molar-refractivity contribution in [2.45, 2.75) is 12.3 Å². The van der Waals surface area contributed by atoms with Crippen molar-refractivity contribution >= 4 is 34.8 Å². The van der Waals surface area contributed by atoms with Gasteiger partial charge in [0.25, 0.3) is 5.91 Å². The van der Waals surface area contributed by atoms with Crippen LogP contribution in [-0.4, -0.2) is 17.7 Å². The Bertz CT molecular complexity index is 1040. The van der Waals surface area contributed by atoms with Gasteiger partial charge in [-0.25, -0.2) is 0 Å². The molecular weight excluding hydrogens is 358 g/mol. The number of benzene rings is 2. The molecule has 0 saturated carbocycles. The summed E-state index contributed by atoms with van der Waals surface area (Å²) in [7, 11) is 0. The van der Waals surface area contributed by atoms with E-state index in [-0.39, 0.29) is 29.9 Å². The Labute approximate surface area is 160 Å². The third-order valence-electron chi connectivity index (χ3n) is 4.45. The van der Waals surface area contributed by atoms with E-state index in [1.165, 1.54) is 6.26 Å². The molecule has 0 saturated heterocycles. The molecule has 7 heteroatoms. The zero-order chi connectivity index (χ0) is 19.5. The van der Waals surface area contributed by atoms with E-state index in [1.54, 1.807) is 42.5 Å². The molecule has 2 heterocycles. The predicted octanol–water partition coefficient (Wildman–Crippen LogP) is 3.60. The van der Waals surface area contributed by atoms with Crippen LogP contribution in [0.5, 0.6) is 0 Å². The largest absolute Gasteiger partial charge is 0.459 e. The first-order chi connectivity index (χ1) is 13.6. The smallest absolute Gasteiger partial charge is 0.291 e. The lowest BCUT2D eigenvalue weighted by atomic mass is 9.90. The van der Waals surface area contributed by atoms with Crippen molar-refractivity contribution in [1.29, 1.82) is 0 Å². The molecule has 28 heavy (non-hydrogen) atoms. The molecule has 1 aromatic heterocycles. The average molecular weight is 375 g/mol. The molecule has 3 N–H and O–H groups in total. The fourth-order valence-corrected chi connectivity index (χ4v) is 3.15. The minimum absolute atomic E-state index is 0.0811. The summed E-state index contributed by atoms with van der Waals surface area (Å²) in [6.45, 7) is 0. The third-order valence-corrected chi connectivity index (χ3v) is 4.45. The molecule has 0 bridgehead atoms. The summed E-state index contributed by atoms with van der Waals surface area (Å²) in [4.78, 5) is 36.8. The molecule has 4 rings (SSSR count). The molecule has 3 aromatic rings. The molecule has 0 radical (unpaired) electrons. The van der Waals surface area contributed by atoms with Gasteiger partial charge in [0.1, 0.15) is 0 Å². The minimum atomic E-state index is -0.577. The molecule has 2 aromatic carbocycles. The minimum Gasteiger partial charge on any atom is -0.459 e. The first-order valence-electron chi connectivity index (χ1n) is 8.75. The van der Waals surface area contributed by atoms with Gasteiger partial charge < -0.3 is 20.4 Å². The van der Waals surface area contributed by atoms with Crippen LogP contribution in [0.4, 0.5) is 17.1 Å². The van der Waals surface area contributed by atoms with E-state index in [2.05, 4.69) is 16.0 Å². The first kappa shape index (κ1) is 17.5. The van der Waals surface area contributed by atoms with Gasteiger partial charge in [-0.1, -0.05) is 24.3 Å². The summed E-state index contributed by atoms with van der Waals surface area (Å²) in [5.74, 6) is -1.24. The van der Waals surface area contributed by atoms with Crippen molar-refractivity contribution in [3.05, 3.63) is 78.3 Å². The Balaban J connectivity index is 1.50. The van der Waals surface area contributed by atoms with Gasteiger partial charge in [-0.05, 0) is 42.0 Å². The van der Waals surface area contributed by atoms with Gasteiger partial charge in [0.15, 0.2) is 5.76 Å². The van der Waals surface area contributed by atoms with E-state index in [0.29, 0.717) is 17.1 Å². The van der Waals surface area contributed by atoms with E-state index in [4.69, 9.17) is 4.42 Å². The summed E-state index contributed by atoms with van der Waals surface area (Å²) < 4.78 is 5.07. The summed E-state index contributed by atoms with van der Waals surface area (Å²) in [6.07, 6.45) is 1.50. The van der Waals surface area contributed by atoms with E-state index < -0.39 is 5.92 Å². The molecule has 1 atom stereocenters. The maximum absolute atomic E-state index is 12.8. The Morgan fingerprint density at radius 2 is 1.75 bits per heavy atom. The molecule has 0 aliphatic carbocycles. The highest BCUT2D eigenvalue weighted by atomic mass is 16.3. The highest BCUT2D eigenvalue weighted by Gasteiger charge is 2.30. The fourth-order valence-electron chi connectivity index (χ4n) is 3.15. The maximum atomic E-state index is 12.8. The lowest BCUT2D eigenvalue weighted by Crippen LogP contribution is -2.30. The second-order valence-electron chi connectivity index (χ2n) is 6.39. The van der Waals surface area contributed by atoms with Crippen molar-refractivity contribution < 1.29 is 18.8 Å². The molecule has 7 nitrogen and oxygen atoms in total. The number of furan rings is 1. The van der Waals surface area contributed by atoms with Crippen LogP contribution in [0.25, 0.3) is 0 Å². The van der Waals surface area contributed by atoms with E-state index in [0.717, 1.165) is 5.56 Å². The van der Waals surface area contributed by atoms with Crippen molar-refractivity contribution in [2.24, 2.45) is 0 Å². The summed E-state index contributed by atoms with van der Waals surface area (Å²) in [6, 6.07) is 17.2. The number of hydrogen-bond donors (Lipinski definition) is 3. The van der Waals surface area contributed by atoms with Crippen molar-refractivity contribution in [2.75, 3.05) is 16.0 Å². The lowest BCUT2D eigenvalue weighted by Gasteiger charge is -2.24. The van der Waals surface area contributed by atoms with Gasteiger partial charge in [-0.3, -0.25) is 14.4 Å². The standard InChI is InChI=1S/C21H17N3O4/c25-19-12-16(15-7-1-2-8-17(15)24-19)20(26)22-13-5-3-6-14(11-13)23-21(27)18-9-4-10-28-18/h1-11,16H,12H2,(H,22,26)(H,23,27)(H,24,25). The highest BCUT2D eigenvalue weighted by molar-refractivity contribution is 6.06. The van der Waals surface area contributed by atoms with Gasteiger partial charge in [0, 0.05) is 23.5 Å². The number of carbonyl (C=O) groups is 3. The molecular formula is C21H17N3O4. The number of rotatable bonds is 4. The van der Waals surface area contributed by atoms with E-state index in [9.17, 15) is 14.4 Å². The summed E-state index contributed by atoms with van der Waals surface area (Å²) >= 11 is 0. The molecule has 140 valence electrons. The normalized spacial score (nSPS) is 15.3. The summed E-state index contributed by atoms with van der Waals surface area (Å²) in [5, 5.41) is 8.32. The monoisotopic (exact) mass is 375 g/mol. The number of nitrogens with one attached hydrogen (secondary N) is 3. The van der Waals surface area contributed by atoms with Crippen LogP contribution in [0.15, 0.2) is 71.3 Å². The van der Waals surface area contributed by atoms with Gasteiger partial charge in [0.05, 0.1) is 12.2 Å². The number of anilines is 3. The molecule has 1 aliphatic rings. The number of para-hydroxylation sites is 1. The number of amides is 3. The second-order valence-corrected chi connectivity index (χ2v) is 6.39. The lowest BCUT2D eigenvalue weighted by molar-refractivity contribution is -0.123. The van der Waals surface area contributed by atoms with Crippen LogP contribution in [0, 0.1) is 0 Å². The van der Waals surface area contributed by atoms with Gasteiger partial charge in [-0.15, -0.1) is 0 Å². The van der Waals surface area contributed by atoms with Gasteiger partial charge in [-0.2, -0.15) is 0 Å². The summed E-state index contributed by atoms with van der Waals surface area (Å²) in [5.41, 5.74) is 2.46. The highest BCUT2D eigenvalue weighted by Crippen LogP contribution is 2.33. The average Bonchev–Trinajstić information content (AvgIpc) is 3.22. The zero-order valence-electron chi connectivity index (χ0n) is 14.8. The molecule has 1 aliphatic heterocycles. The van der Waals surface area contributed by atoms with Crippen molar-refractivity contribution in [3.63, 3.8) is 0 Å². The Kier molecular flexibility index (Phi) is 4.63. The molecule has 3 amide bonds. The van der Waals surface area contributed by atoms with Crippen LogP contribution in [0.2, 0.25) is 0 Å². The van der Waals surface area contributed by atoms with Gasteiger partial charge in [0.2, 0.25) is 11.8 Å². The number of fused-ring (bicyclic) bond motifs is 1. The third kappa shape index (κ3) is 3.64. The van der Waals surface area contributed by atoms with Crippen LogP contribution in [0.1, 0.15) is 28.5 Å². The van der Waals surface area contributed by atoms with Crippen molar-refractivity contribution in [3.8, 4) is 0 Å². The van der Waals surface area contributed by atoms with Crippen LogP contribution >= 0.6 is 0 Å². The Morgan fingerprint density at radius 1 is 0.964 bits per heavy atom. The number of carbonyl (C=O) groups excluding carboxylic acids is 3. The Hall–Kier alpha value is -3.87. The molecule has 0 fully saturated rings. The van der Waals surface area contributed by atoms with Crippen LogP contribution in [0.3, 0.4) is 0 Å². The van der Waals surface area contributed by atoms with Crippen LogP contribution < -0.4 is 16.0 Å². The fraction of sp³-hybridized carbons (Fsp3) is 0.0952. The van der Waals surface area contributed by atoms with Gasteiger partial charge >= 0.3 is 0 Å². The quantitative estimate of drug-likeness (QED) is 0.649. The SMILES string of the molecule is O=C1CC(C(=O)Nc2cccc(NC(=O)c3ccco3)c2)c2ccccc2N1. The van der Waals surface area contributed by atoms with Crippen LogP contribution in [-0.2, 0) is 9.59 Å². The topological polar surface area (TPSA) is 100 Å². The zero-order valence-corrected chi connectivity index (χ0v) is 14.8. The molecule has 1 unspecified atom stereocenters. The number of hydrogen-bond acceptors (Lipinski definition) is 4. The van der Waals surface area contributed by atoms with E-state index in [1.807, 2.05) is 18.2 Å². The second kappa shape index (κ2) is 7.40. The van der Waals surface area contributed by atoms with E-state index >= 15 is 0 Å². The van der Waals surface area contributed by atoms with Crippen molar-refractivity contribution in [1.82, 2.24) is 0 Å². The first-order valence-corrected chi connectivity index (χ1v) is 8.75. The maximum Gasteiger partial charge on any atom is 0.291 e.